The van der Waals surface area contributed by atoms with E-state index >= 15 is 0 Å². The number of aryl methyl sites for hydroxylation is 3. The van der Waals surface area contributed by atoms with Crippen molar-refractivity contribution in [1.82, 2.24) is 9.97 Å². The molecule has 2 aromatic heterocycles. The Morgan fingerprint density at radius 2 is 0.790 bits per heavy atom. The highest BCUT2D eigenvalue weighted by molar-refractivity contribution is 5.71. The molecule has 0 bridgehead atoms. The highest BCUT2D eigenvalue weighted by atomic mass is 19.1. The maximum absolute atomic E-state index is 14.7. The third-order valence-electron chi connectivity index (χ3n) is 11.6. The summed E-state index contributed by atoms with van der Waals surface area (Å²) >= 11 is 0. The molecule has 0 saturated heterocycles. The van der Waals surface area contributed by atoms with Gasteiger partial charge in [-0.25, -0.2) is 8.78 Å². The van der Waals surface area contributed by atoms with E-state index in [1.54, 1.807) is 12.1 Å². The standard InChI is InChI=1S/C29H36FNO.C28H34FN/c1-3-5-7-8-10-20-32-26-17-18-27(28(30)21-26)24-13-15-25(16-14-24)29-19-12-23(22-31-29)11-9-6-4-2;1-3-5-7-9-11-23-13-19-28(30-21-23)25-16-14-24(15-17-25)26-18-12-22(20-27(26)29)10-8-6-4-2/h12-19,21-22H,3-11,20H2,1-2H3;12-21H,3-11H2,1-2H3. The molecule has 62 heavy (non-hydrogen) atoms. The fourth-order valence-electron chi connectivity index (χ4n) is 7.71. The average molecular weight is 837 g/mol. The SMILES string of the molecule is CCCCCCCOc1ccc(-c2ccc(-c3ccc(CCCCC)cn3)cc2)c(F)c1.CCCCCCc1ccc(-c2ccc(-c3ccc(CCCCC)cc3F)cc2)nc1. The zero-order valence-electron chi connectivity index (χ0n) is 38.0. The molecule has 0 N–H and O–H groups in total. The van der Waals surface area contributed by atoms with E-state index in [1.165, 1.54) is 94.2 Å². The maximum Gasteiger partial charge on any atom is 0.134 e. The Balaban J connectivity index is 0.000000235. The molecule has 0 spiro atoms. The zero-order chi connectivity index (χ0) is 43.8. The molecule has 328 valence electrons. The van der Waals surface area contributed by atoms with Crippen molar-refractivity contribution in [2.45, 2.75) is 143 Å². The Morgan fingerprint density at radius 1 is 0.387 bits per heavy atom. The molecule has 3 nitrogen and oxygen atoms in total. The number of unbranched alkanes of at least 4 members (excludes halogenated alkanes) is 11. The van der Waals surface area contributed by atoms with Gasteiger partial charge in [0.2, 0.25) is 0 Å². The molecule has 0 amide bonds. The van der Waals surface area contributed by atoms with Crippen LogP contribution in [-0.2, 0) is 19.3 Å². The van der Waals surface area contributed by atoms with Gasteiger partial charge in [0, 0.05) is 40.7 Å². The fraction of sp³-hybridized carbons (Fsp3) is 0.404. The third kappa shape index (κ3) is 15.6. The van der Waals surface area contributed by atoms with Crippen LogP contribution in [0.3, 0.4) is 0 Å². The smallest absolute Gasteiger partial charge is 0.134 e. The van der Waals surface area contributed by atoms with Crippen LogP contribution in [0.2, 0.25) is 0 Å². The van der Waals surface area contributed by atoms with Crippen LogP contribution in [0, 0.1) is 11.6 Å². The summed E-state index contributed by atoms with van der Waals surface area (Å²) in [5.41, 5.74) is 10.7. The number of pyridine rings is 2. The summed E-state index contributed by atoms with van der Waals surface area (Å²) in [6.07, 6.45) is 25.3. The van der Waals surface area contributed by atoms with Crippen LogP contribution >= 0.6 is 0 Å². The fourth-order valence-corrected chi connectivity index (χ4v) is 7.71. The van der Waals surface area contributed by atoms with Gasteiger partial charge >= 0.3 is 0 Å². The van der Waals surface area contributed by atoms with Crippen LogP contribution in [0.4, 0.5) is 8.78 Å². The monoisotopic (exact) mass is 837 g/mol. The molecule has 6 rings (SSSR count). The first-order valence-corrected chi connectivity index (χ1v) is 23.7. The Hall–Kier alpha value is -5.16. The summed E-state index contributed by atoms with van der Waals surface area (Å²) in [4.78, 5) is 9.26. The maximum atomic E-state index is 14.7. The molecule has 0 aliphatic heterocycles. The molecule has 5 heteroatoms. The second-order valence-electron chi connectivity index (χ2n) is 16.7. The molecular weight excluding hydrogens is 767 g/mol. The van der Waals surface area contributed by atoms with Gasteiger partial charge in [-0.3, -0.25) is 9.97 Å². The Labute approximate surface area is 372 Å². The number of benzene rings is 4. The number of rotatable bonds is 24. The van der Waals surface area contributed by atoms with Crippen LogP contribution in [0.25, 0.3) is 44.8 Å². The number of ether oxygens (including phenoxy) is 1. The minimum absolute atomic E-state index is 0.137. The number of hydrogen-bond donors (Lipinski definition) is 0. The number of hydrogen-bond acceptors (Lipinski definition) is 3. The van der Waals surface area contributed by atoms with Crippen LogP contribution in [0.5, 0.6) is 5.75 Å². The van der Waals surface area contributed by atoms with Crippen molar-refractivity contribution in [3.63, 3.8) is 0 Å². The number of halogens is 2. The van der Waals surface area contributed by atoms with Gasteiger partial charge in [-0.1, -0.05) is 171 Å². The van der Waals surface area contributed by atoms with Gasteiger partial charge in [-0.2, -0.15) is 0 Å². The van der Waals surface area contributed by atoms with Crippen LogP contribution < -0.4 is 4.74 Å². The topological polar surface area (TPSA) is 35.0 Å². The summed E-state index contributed by atoms with van der Waals surface area (Å²) < 4.78 is 35.1. The lowest BCUT2D eigenvalue weighted by Crippen LogP contribution is -1.98. The largest absolute Gasteiger partial charge is 0.493 e. The first kappa shape index (κ1) is 47.9. The molecular formula is C57H70F2N2O. The van der Waals surface area contributed by atoms with E-state index in [0.717, 1.165) is 77.7 Å². The van der Waals surface area contributed by atoms with Gasteiger partial charge in [-0.05, 0) is 103 Å². The van der Waals surface area contributed by atoms with E-state index in [9.17, 15) is 8.78 Å². The van der Waals surface area contributed by atoms with Crippen LogP contribution in [0.15, 0.2) is 122 Å². The Morgan fingerprint density at radius 3 is 1.26 bits per heavy atom. The lowest BCUT2D eigenvalue weighted by molar-refractivity contribution is 0.303. The lowest BCUT2D eigenvalue weighted by atomic mass is 9.99. The van der Waals surface area contributed by atoms with Crippen molar-refractivity contribution in [3.8, 4) is 50.5 Å². The highest BCUT2D eigenvalue weighted by Gasteiger charge is 2.10. The van der Waals surface area contributed by atoms with Crippen LogP contribution in [0.1, 0.15) is 141 Å². The summed E-state index contributed by atoms with van der Waals surface area (Å²) in [5, 5.41) is 0. The average Bonchev–Trinajstić information content (AvgIpc) is 3.30. The highest BCUT2D eigenvalue weighted by Crippen LogP contribution is 2.30. The molecule has 4 aromatic carbocycles. The molecule has 6 aromatic rings. The van der Waals surface area contributed by atoms with Crippen molar-refractivity contribution >= 4 is 0 Å². The van der Waals surface area contributed by atoms with E-state index < -0.39 is 0 Å². The lowest BCUT2D eigenvalue weighted by Gasteiger charge is -2.10. The predicted octanol–water partition coefficient (Wildman–Crippen LogP) is 17.0. The van der Waals surface area contributed by atoms with E-state index in [4.69, 9.17) is 4.74 Å². The van der Waals surface area contributed by atoms with Crippen molar-refractivity contribution < 1.29 is 13.5 Å². The van der Waals surface area contributed by atoms with Crippen molar-refractivity contribution in [3.05, 3.63) is 150 Å². The Bertz CT molecular complexity index is 2150. The van der Waals surface area contributed by atoms with E-state index in [-0.39, 0.29) is 11.6 Å². The molecule has 0 atom stereocenters. The summed E-state index contributed by atoms with van der Waals surface area (Å²) in [6, 6.07) is 35.3. The zero-order valence-corrected chi connectivity index (χ0v) is 38.0. The summed E-state index contributed by atoms with van der Waals surface area (Å²) in [6.45, 7) is 9.49. The minimum Gasteiger partial charge on any atom is -0.493 e. The number of aromatic nitrogens is 2. The molecule has 0 saturated carbocycles. The van der Waals surface area contributed by atoms with Crippen molar-refractivity contribution in [2.75, 3.05) is 6.61 Å². The quantitative estimate of drug-likeness (QED) is 0.0570. The summed E-state index contributed by atoms with van der Waals surface area (Å²) in [5.74, 6) is 0.208. The molecule has 2 heterocycles. The first-order chi connectivity index (χ1) is 30.4. The van der Waals surface area contributed by atoms with Gasteiger partial charge < -0.3 is 4.74 Å². The second-order valence-corrected chi connectivity index (χ2v) is 16.7. The van der Waals surface area contributed by atoms with Crippen molar-refractivity contribution in [2.24, 2.45) is 0 Å². The predicted molar refractivity (Wildman–Crippen MR) is 259 cm³/mol. The second kappa shape index (κ2) is 27.0. The molecule has 0 aliphatic rings. The molecule has 0 fully saturated rings. The Kier molecular flexibility index (Phi) is 20.9. The normalized spacial score (nSPS) is 11.0. The molecule has 0 radical (unpaired) electrons. The summed E-state index contributed by atoms with van der Waals surface area (Å²) in [7, 11) is 0. The van der Waals surface area contributed by atoms with E-state index in [0.29, 0.717) is 23.5 Å². The third-order valence-corrected chi connectivity index (χ3v) is 11.6. The van der Waals surface area contributed by atoms with Gasteiger partial charge in [0.05, 0.1) is 18.0 Å². The number of nitrogens with zero attached hydrogens (tertiary/aromatic N) is 2. The molecule has 0 aliphatic carbocycles. The van der Waals surface area contributed by atoms with E-state index in [1.807, 2.05) is 73.1 Å². The van der Waals surface area contributed by atoms with Gasteiger partial charge in [0.1, 0.15) is 17.4 Å². The molecule has 0 unspecified atom stereocenters. The van der Waals surface area contributed by atoms with Crippen LogP contribution in [-0.4, -0.2) is 16.6 Å². The van der Waals surface area contributed by atoms with E-state index in [2.05, 4.69) is 68.0 Å². The van der Waals surface area contributed by atoms with Gasteiger partial charge in [-0.15, -0.1) is 0 Å². The minimum atomic E-state index is -0.254. The van der Waals surface area contributed by atoms with Gasteiger partial charge in [0.25, 0.3) is 0 Å². The van der Waals surface area contributed by atoms with Crippen molar-refractivity contribution in [1.29, 1.82) is 0 Å². The van der Waals surface area contributed by atoms with Gasteiger partial charge in [0.15, 0.2) is 0 Å². The first-order valence-electron chi connectivity index (χ1n) is 23.7.